The van der Waals surface area contributed by atoms with Gasteiger partial charge in [-0.2, -0.15) is 0 Å². The SMILES string of the molecule is CCCCSc1nc2ccccc2n1Cc1ccccc1. The van der Waals surface area contributed by atoms with Crippen LogP contribution in [0.15, 0.2) is 59.8 Å². The van der Waals surface area contributed by atoms with E-state index in [2.05, 4.69) is 66.1 Å². The van der Waals surface area contributed by atoms with Gasteiger partial charge in [0, 0.05) is 5.75 Å². The molecule has 0 aliphatic rings. The van der Waals surface area contributed by atoms with Crippen molar-refractivity contribution < 1.29 is 0 Å². The lowest BCUT2D eigenvalue weighted by Crippen LogP contribution is -2.01. The summed E-state index contributed by atoms with van der Waals surface area (Å²) in [5, 5.41) is 1.13. The Balaban J connectivity index is 1.95. The van der Waals surface area contributed by atoms with E-state index in [1.54, 1.807) is 0 Å². The van der Waals surface area contributed by atoms with Gasteiger partial charge in [0.25, 0.3) is 0 Å². The summed E-state index contributed by atoms with van der Waals surface area (Å²) >= 11 is 1.87. The maximum Gasteiger partial charge on any atom is 0.169 e. The highest BCUT2D eigenvalue weighted by Crippen LogP contribution is 2.25. The van der Waals surface area contributed by atoms with Crippen LogP contribution in [0.3, 0.4) is 0 Å². The topological polar surface area (TPSA) is 17.8 Å². The zero-order valence-corrected chi connectivity index (χ0v) is 13.1. The van der Waals surface area contributed by atoms with E-state index >= 15 is 0 Å². The van der Waals surface area contributed by atoms with Crippen LogP contribution in [0.1, 0.15) is 25.3 Å². The average molecular weight is 296 g/mol. The first-order chi connectivity index (χ1) is 10.4. The Bertz CT molecular complexity index is 704. The lowest BCUT2D eigenvalue weighted by molar-refractivity contribution is 0.730. The minimum absolute atomic E-state index is 0.885. The van der Waals surface area contributed by atoms with Crippen molar-refractivity contribution in [3.05, 3.63) is 60.2 Å². The number of thioether (sulfide) groups is 1. The first-order valence-corrected chi connectivity index (χ1v) is 8.49. The minimum atomic E-state index is 0.885. The Kier molecular flexibility index (Phi) is 4.61. The summed E-state index contributed by atoms with van der Waals surface area (Å²) in [6.45, 7) is 3.11. The number of hydrogen-bond acceptors (Lipinski definition) is 2. The molecule has 1 aromatic heterocycles. The summed E-state index contributed by atoms with van der Waals surface area (Å²) in [4.78, 5) is 4.81. The van der Waals surface area contributed by atoms with Gasteiger partial charge in [0.1, 0.15) is 0 Å². The minimum Gasteiger partial charge on any atom is -0.314 e. The summed E-state index contributed by atoms with van der Waals surface area (Å²) < 4.78 is 2.34. The van der Waals surface area contributed by atoms with Gasteiger partial charge in [-0.05, 0) is 24.1 Å². The van der Waals surface area contributed by atoms with Crippen LogP contribution in [0.25, 0.3) is 11.0 Å². The van der Waals surface area contributed by atoms with Gasteiger partial charge in [-0.3, -0.25) is 0 Å². The van der Waals surface area contributed by atoms with Crippen molar-refractivity contribution >= 4 is 22.8 Å². The lowest BCUT2D eigenvalue weighted by atomic mass is 10.2. The number of nitrogens with zero attached hydrogens (tertiary/aromatic N) is 2. The summed E-state index contributed by atoms with van der Waals surface area (Å²) in [6, 6.07) is 19.0. The second-order valence-electron chi connectivity index (χ2n) is 5.16. The average Bonchev–Trinajstić information content (AvgIpc) is 2.87. The standard InChI is InChI=1S/C18H20N2S/c1-2-3-13-21-18-19-16-11-7-8-12-17(16)20(18)14-15-9-5-4-6-10-15/h4-12H,2-3,13-14H2,1H3. The van der Waals surface area contributed by atoms with Gasteiger partial charge in [0.2, 0.25) is 0 Å². The quantitative estimate of drug-likeness (QED) is 0.472. The molecule has 0 saturated carbocycles. The smallest absolute Gasteiger partial charge is 0.169 e. The molecule has 0 aliphatic carbocycles. The molecule has 0 saturated heterocycles. The molecule has 0 aliphatic heterocycles. The zero-order chi connectivity index (χ0) is 14.5. The maximum absolute atomic E-state index is 4.81. The molecule has 0 radical (unpaired) electrons. The molecule has 0 unspecified atom stereocenters. The van der Waals surface area contributed by atoms with Crippen LogP contribution >= 0.6 is 11.8 Å². The molecule has 21 heavy (non-hydrogen) atoms. The van der Waals surface area contributed by atoms with Crippen molar-refractivity contribution in [2.45, 2.75) is 31.5 Å². The van der Waals surface area contributed by atoms with Crippen molar-refractivity contribution in [1.82, 2.24) is 9.55 Å². The van der Waals surface area contributed by atoms with E-state index in [1.807, 2.05) is 11.8 Å². The van der Waals surface area contributed by atoms with Crippen molar-refractivity contribution in [3.63, 3.8) is 0 Å². The second-order valence-corrected chi connectivity index (χ2v) is 6.22. The number of unbranched alkanes of at least 4 members (excludes halogenated alkanes) is 1. The Labute approximate surface area is 130 Å². The van der Waals surface area contributed by atoms with Gasteiger partial charge >= 0.3 is 0 Å². The Morgan fingerprint density at radius 2 is 1.76 bits per heavy atom. The molecule has 108 valence electrons. The summed E-state index contributed by atoms with van der Waals surface area (Å²) in [5.74, 6) is 1.13. The highest BCUT2D eigenvalue weighted by molar-refractivity contribution is 7.99. The van der Waals surface area contributed by atoms with E-state index in [9.17, 15) is 0 Å². The van der Waals surface area contributed by atoms with E-state index in [0.717, 1.165) is 23.0 Å². The molecule has 0 bridgehead atoms. The van der Waals surface area contributed by atoms with Crippen LogP contribution in [-0.4, -0.2) is 15.3 Å². The fraction of sp³-hybridized carbons (Fsp3) is 0.278. The van der Waals surface area contributed by atoms with Gasteiger partial charge in [-0.15, -0.1) is 0 Å². The van der Waals surface area contributed by atoms with Crippen LogP contribution in [0.2, 0.25) is 0 Å². The molecule has 2 nitrogen and oxygen atoms in total. The largest absolute Gasteiger partial charge is 0.314 e. The third kappa shape index (κ3) is 3.30. The Morgan fingerprint density at radius 3 is 2.57 bits per heavy atom. The predicted molar refractivity (Wildman–Crippen MR) is 90.9 cm³/mol. The first kappa shape index (κ1) is 14.2. The number of benzene rings is 2. The number of aromatic nitrogens is 2. The van der Waals surface area contributed by atoms with Crippen molar-refractivity contribution in [1.29, 1.82) is 0 Å². The summed E-state index contributed by atoms with van der Waals surface area (Å²) in [5.41, 5.74) is 3.63. The number of para-hydroxylation sites is 2. The number of fused-ring (bicyclic) bond motifs is 1. The monoisotopic (exact) mass is 296 g/mol. The third-order valence-corrected chi connectivity index (χ3v) is 4.59. The van der Waals surface area contributed by atoms with Gasteiger partial charge in [0.15, 0.2) is 5.16 Å². The van der Waals surface area contributed by atoms with Gasteiger partial charge < -0.3 is 4.57 Å². The molecule has 2 aromatic carbocycles. The van der Waals surface area contributed by atoms with E-state index in [0.29, 0.717) is 0 Å². The third-order valence-electron chi connectivity index (χ3n) is 3.53. The molecule has 0 fully saturated rings. The first-order valence-electron chi connectivity index (χ1n) is 7.50. The molecular formula is C18H20N2S. The molecule has 3 heteroatoms. The van der Waals surface area contributed by atoms with Gasteiger partial charge in [-0.25, -0.2) is 4.98 Å². The summed E-state index contributed by atoms with van der Waals surface area (Å²) in [6.07, 6.45) is 2.46. The van der Waals surface area contributed by atoms with Crippen molar-refractivity contribution in [2.24, 2.45) is 0 Å². The van der Waals surface area contributed by atoms with Gasteiger partial charge in [0.05, 0.1) is 17.6 Å². The fourth-order valence-corrected chi connectivity index (χ4v) is 3.49. The maximum atomic E-state index is 4.81. The highest BCUT2D eigenvalue weighted by Gasteiger charge is 2.10. The van der Waals surface area contributed by atoms with Gasteiger partial charge in [-0.1, -0.05) is 67.6 Å². The van der Waals surface area contributed by atoms with Crippen LogP contribution in [0, 0.1) is 0 Å². The normalized spacial score (nSPS) is 11.1. The van der Waals surface area contributed by atoms with Crippen LogP contribution in [0.4, 0.5) is 0 Å². The fourth-order valence-electron chi connectivity index (χ4n) is 2.39. The second kappa shape index (κ2) is 6.81. The molecule has 0 amide bonds. The Hall–Kier alpha value is -1.74. The summed E-state index contributed by atoms with van der Waals surface area (Å²) in [7, 11) is 0. The van der Waals surface area contributed by atoms with Crippen LogP contribution in [0.5, 0.6) is 0 Å². The Morgan fingerprint density at radius 1 is 1.00 bits per heavy atom. The molecular weight excluding hydrogens is 276 g/mol. The van der Waals surface area contributed by atoms with E-state index in [4.69, 9.17) is 4.98 Å². The molecule has 3 aromatic rings. The van der Waals surface area contributed by atoms with Crippen molar-refractivity contribution in [3.8, 4) is 0 Å². The molecule has 3 rings (SSSR count). The molecule has 0 N–H and O–H groups in total. The highest BCUT2D eigenvalue weighted by atomic mass is 32.2. The molecule has 0 atom stereocenters. The van der Waals surface area contributed by atoms with E-state index < -0.39 is 0 Å². The van der Waals surface area contributed by atoms with E-state index in [-0.39, 0.29) is 0 Å². The van der Waals surface area contributed by atoms with E-state index in [1.165, 1.54) is 23.9 Å². The number of rotatable bonds is 6. The number of hydrogen-bond donors (Lipinski definition) is 0. The number of imidazole rings is 1. The lowest BCUT2D eigenvalue weighted by Gasteiger charge is -2.09. The van der Waals surface area contributed by atoms with Crippen LogP contribution < -0.4 is 0 Å². The molecule has 1 heterocycles. The van der Waals surface area contributed by atoms with Crippen molar-refractivity contribution in [2.75, 3.05) is 5.75 Å². The zero-order valence-electron chi connectivity index (χ0n) is 12.3. The van der Waals surface area contributed by atoms with Crippen LogP contribution in [-0.2, 0) is 6.54 Å². The predicted octanol–water partition coefficient (Wildman–Crippen LogP) is 4.98. The molecule has 0 spiro atoms.